The predicted molar refractivity (Wildman–Crippen MR) is 136 cm³/mol. The van der Waals surface area contributed by atoms with Gasteiger partial charge in [0.1, 0.15) is 30.9 Å². The third kappa shape index (κ3) is 5.20. The van der Waals surface area contributed by atoms with Crippen LogP contribution < -0.4 is 0 Å². The quantitative estimate of drug-likeness (QED) is 0.283. The highest BCUT2D eigenvalue weighted by molar-refractivity contribution is 5.15. The van der Waals surface area contributed by atoms with E-state index < -0.39 is 0 Å². The Bertz CT molecular complexity index is 1050. The van der Waals surface area contributed by atoms with E-state index in [0.29, 0.717) is 26.4 Å². The number of benzene rings is 3. The van der Waals surface area contributed by atoms with Crippen molar-refractivity contribution in [2.24, 2.45) is 0 Å². The second-order valence-electron chi connectivity index (χ2n) is 9.85. The summed E-state index contributed by atoms with van der Waals surface area (Å²) in [6.07, 6.45) is 1.15. The molecular weight excluding hydrogens is 438 g/mol. The van der Waals surface area contributed by atoms with Gasteiger partial charge in [-0.25, -0.2) is 0 Å². The highest BCUT2D eigenvalue weighted by Crippen LogP contribution is 2.47. The molecule has 0 saturated carbocycles. The van der Waals surface area contributed by atoms with Crippen molar-refractivity contribution in [1.29, 1.82) is 0 Å². The third-order valence-electron chi connectivity index (χ3n) is 7.66. The van der Waals surface area contributed by atoms with Gasteiger partial charge in [-0.05, 0) is 23.6 Å². The van der Waals surface area contributed by atoms with Gasteiger partial charge in [-0.2, -0.15) is 0 Å². The zero-order chi connectivity index (χ0) is 24.1. The van der Waals surface area contributed by atoms with E-state index in [-0.39, 0.29) is 35.0 Å². The summed E-state index contributed by atoms with van der Waals surface area (Å²) in [6.45, 7) is 3.83. The van der Waals surface area contributed by atoms with Gasteiger partial charge in [-0.1, -0.05) is 91.0 Å². The first-order chi connectivity index (χ1) is 17.2. The Kier molecular flexibility index (Phi) is 7.61. The normalized spacial score (nSPS) is 29.8. The predicted octanol–water partition coefficient (Wildman–Crippen LogP) is 5.62. The fourth-order valence-corrected chi connectivity index (χ4v) is 5.80. The minimum Gasteiger partial charge on any atom is -0.632 e. The fourth-order valence-electron chi connectivity index (χ4n) is 5.80. The van der Waals surface area contributed by atoms with Crippen molar-refractivity contribution in [1.82, 2.24) is 0 Å². The Balaban J connectivity index is 1.37. The Morgan fingerprint density at radius 3 is 1.71 bits per heavy atom. The number of rotatable bonds is 10. The Morgan fingerprint density at radius 1 is 0.686 bits per heavy atom. The summed E-state index contributed by atoms with van der Waals surface area (Å²) in [6, 6.07) is 29.9. The average molecular weight is 474 g/mol. The summed E-state index contributed by atoms with van der Waals surface area (Å²) in [4.78, 5) is 0. The molecule has 5 nitrogen and oxygen atoms in total. The molecule has 0 amide bonds. The van der Waals surface area contributed by atoms with Gasteiger partial charge in [-0.3, -0.25) is 0 Å². The van der Waals surface area contributed by atoms with Crippen LogP contribution in [0.1, 0.15) is 36.5 Å². The standard InChI is InChI=1S/C30H35NO4/c1-23-17-18-27-29(34-20-25-13-7-3-8-14-25)30(35-21-26-15-9-4-10-16-26)28(31(23,27)32)22-33-19-24-11-5-2-6-12-24/h2-16,23,27-30H,17-22H2,1H3/t23-,27+,28+,29+,30+,31-/m1/s1. The topological polar surface area (TPSA) is 50.8 Å². The molecule has 2 aliphatic rings. The summed E-state index contributed by atoms with van der Waals surface area (Å²) in [5, 5.41) is 14.5. The van der Waals surface area contributed by atoms with Crippen molar-refractivity contribution in [2.45, 2.75) is 69.9 Å². The van der Waals surface area contributed by atoms with E-state index in [1.54, 1.807) is 0 Å². The molecule has 0 spiro atoms. The molecule has 3 aromatic carbocycles. The summed E-state index contributed by atoms with van der Waals surface area (Å²) < 4.78 is 18.9. The van der Waals surface area contributed by atoms with Crippen molar-refractivity contribution in [3.05, 3.63) is 113 Å². The molecule has 35 heavy (non-hydrogen) atoms. The van der Waals surface area contributed by atoms with Gasteiger partial charge in [0.2, 0.25) is 0 Å². The van der Waals surface area contributed by atoms with E-state index in [2.05, 4.69) is 31.2 Å². The summed E-state index contributed by atoms with van der Waals surface area (Å²) in [5.41, 5.74) is 3.30. The smallest absolute Gasteiger partial charge is 0.144 e. The molecule has 0 N–H and O–H groups in total. The van der Waals surface area contributed by atoms with Crippen LogP contribution in [0.2, 0.25) is 0 Å². The molecule has 0 aliphatic carbocycles. The molecule has 2 saturated heterocycles. The van der Waals surface area contributed by atoms with E-state index >= 15 is 0 Å². The highest BCUT2D eigenvalue weighted by atomic mass is 16.6. The Hall–Kier alpha value is -2.54. The van der Waals surface area contributed by atoms with Crippen LogP contribution in [-0.2, 0) is 34.0 Å². The largest absolute Gasteiger partial charge is 0.632 e. The van der Waals surface area contributed by atoms with Crippen LogP contribution in [0.5, 0.6) is 0 Å². The minimum absolute atomic E-state index is 0.00141. The zero-order valence-electron chi connectivity index (χ0n) is 20.4. The van der Waals surface area contributed by atoms with Crippen LogP contribution in [0, 0.1) is 5.21 Å². The summed E-state index contributed by atoms with van der Waals surface area (Å²) >= 11 is 0. The number of nitrogens with zero attached hydrogens (tertiary/aromatic N) is 1. The first-order valence-electron chi connectivity index (χ1n) is 12.7. The second kappa shape index (κ2) is 11.0. The lowest BCUT2D eigenvalue weighted by molar-refractivity contribution is -0.927. The van der Waals surface area contributed by atoms with Crippen LogP contribution in [0.15, 0.2) is 91.0 Å². The first kappa shape index (κ1) is 24.2. The molecule has 0 radical (unpaired) electrons. The highest BCUT2D eigenvalue weighted by Gasteiger charge is 2.62. The molecule has 0 aromatic heterocycles. The number of quaternary nitrogens is 1. The average Bonchev–Trinajstić information content (AvgIpc) is 3.32. The molecule has 2 heterocycles. The zero-order valence-corrected chi connectivity index (χ0v) is 20.4. The van der Waals surface area contributed by atoms with Crippen molar-refractivity contribution >= 4 is 0 Å². The minimum atomic E-state index is -0.333. The third-order valence-corrected chi connectivity index (χ3v) is 7.66. The SMILES string of the molecule is C[C@@H]1CC[C@H]2[C@H](OCc3ccccc3)[C@@H](OCc3ccccc3)[C@H](COCc3ccccc3)[N@@+]12[O-]. The first-order valence-corrected chi connectivity index (χ1v) is 12.7. The van der Waals surface area contributed by atoms with Crippen LogP contribution in [0.4, 0.5) is 0 Å². The van der Waals surface area contributed by atoms with E-state index in [4.69, 9.17) is 14.2 Å². The number of hydrogen-bond acceptors (Lipinski definition) is 4. The Morgan fingerprint density at radius 2 is 1.17 bits per heavy atom. The summed E-state index contributed by atoms with van der Waals surface area (Å²) in [7, 11) is 0. The van der Waals surface area contributed by atoms with E-state index in [9.17, 15) is 5.21 Å². The number of hydrogen-bond donors (Lipinski definition) is 0. The van der Waals surface area contributed by atoms with Crippen molar-refractivity contribution in [3.63, 3.8) is 0 Å². The Labute approximate surface area is 208 Å². The van der Waals surface area contributed by atoms with Gasteiger partial charge in [-0.15, -0.1) is 0 Å². The molecule has 6 atom stereocenters. The van der Waals surface area contributed by atoms with Gasteiger partial charge in [0.15, 0.2) is 0 Å². The maximum Gasteiger partial charge on any atom is 0.144 e. The molecule has 2 fully saturated rings. The lowest BCUT2D eigenvalue weighted by Crippen LogP contribution is -2.56. The second-order valence-corrected chi connectivity index (χ2v) is 9.85. The van der Waals surface area contributed by atoms with E-state index in [1.807, 2.05) is 66.7 Å². The van der Waals surface area contributed by atoms with Gasteiger partial charge < -0.3 is 24.1 Å². The fraction of sp³-hybridized carbons (Fsp3) is 0.400. The van der Waals surface area contributed by atoms with Crippen molar-refractivity contribution < 1.29 is 18.9 Å². The van der Waals surface area contributed by atoms with Crippen LogP contribution in [0.3, 0.4) is 0 Å². The maximum atomic E-state index is 14.5. The van der Waals surface area contributed by atoms with E-state index in [0.717, 1.165) is 29.5 Å². The van der Waals surface area contributed by atoms with E-state index in [1.165, 1.54) is 0 Å². The molecule has 3 aromatic rings. The lowest BCUT2D eigenvalue weighted by Gasteiger charge is -2.48. The van der Waals surface area contributed by atoms with Crippen LogP contribution in [-0.4, -0.2) is 41.6 Å². The van der Waals surface area contributed by atoms with Crippen LogP contribution >= 0.6 is 0 Å². The van der Waals surface area contributed by atoms with Gasteiger partial charge in [0.05, 0.1) is 25.9 Å². The van der Waals surface area contributed by atoms with Crippen molar-refractivity contribution in [3.8, 4) is 0 Å². The maximum absolute atomic E-state index is 14.5. The van der Waals surface area contributed by atoms with Gasteiger partial charge in [0, 0.05) is 12.8 Å². The molecule has 5 heteroatoms. The number of fused-ring (bicyclic) bond motifs is 1. The molecule has 0 unspecified atom stereocenters. The molecular formula is C30H35NO4. The lowest BCUT2D eigenvalue weighted by atomic mass is 10.0. The van der Waals surface area contributed by atoms with Crippen LogP contribution in [0.25, 0.3) is 0 Å². The molecule has 2 aliphatic heterocycles. The molecule has 5 rings (SSSR count). The number of ether oxygens (including phenoxy) is 3. The summed E-state index contributed by atoms with van der Waals surface area (Å²) in [5.74, 6) is 0. The monoisotopic (exact) mass is 473 g/mol. The molecule has 0 bridgehead atoms. The number of hydroxylamine groups is 3. The van der Waals surface area contributed by atoms with Gasteiger partial charge in [0.25, 0.3) is 0 Å². The molecule has 184 valence electrons. The van der Waals surface area contributed by atoms with Gasteiger partial charge >= 0.3 is 0 Å². The van der Waals surface area contributed by atoms with Crippen molar-refractivity contribution in [2.75, 3.05) is 6.61 Å².